The molecule has 1 atom stereocenters. The standard InChI is InChI=1S/C25H24ClN5O4/c1-2-9-34-25(33)31-8-7-30(13-23(31)27)24(32)16-3-5-17-18(26)12-19(29-20(17)11-16)15-4-6-22-21(10-15)28-14-35-22/h3-6,10-12,14,23H,2,7-9,13,27H2,1H3/t23-/m0/s1. The van der Waals surface area contributed by atoms with Crippen LogP contribution in [-0.4, -0.2) is 64.2 Å². The average Bonchev–Trinajstić information content (AvgIpc) is 3.34. The minimum Gasteiger partial charge on any atom is -0.449 e. The van der Waals surface area contributed by atoms with Crippen LogP contribution < -0.4 is 5.73 Å². The van der Waals surface area contributed by atoms with E-state index in [0.29, 0.717) is 47.1 Å². The van der Waals surface area contributed by atoms with Crippen LogP contribution in [0.2, 0.25) is 5.02 Å². The summed E-state index contributed by atoms with van der Waals surface area (Å²) in [4.78, 5) is 37.5. The first-order valence-electron chi connectivity index (χ1n) is 11.4. The lowest BCUT2D eigenvalue weighted by atomic mass is 10.1. The predicted molar refractivity (Wildman–Crippen MR) is 132 cm³/mol. The Labute approximate surface area is 206 Å². The molecule has 1 saturated heterocycles. The van der Waals surface area contributed by atoms with Crippen molar-refractivity contribution < 1.29 is 18.7 Å². The van der Waals surface area contributed by atoms with E-state index in [-0.39, 0.29) is 12.5 Å². The lowest BCUT2D eigenvalue weighted by molar-refractivity contribution is 0.0390. The van der Waals surface area contributed by atoms with Crippen molar-refractivity contribution in [2.24, 2.45) is 5.73 Å². The molecule has 1 aliphatic heterocycles. The number of benzene rings is 2. The summed E-state index contributed by atoms with van der Waals surface area (Å²) in [5, 5.41) is 1.28. The van der Waals surface area contributed by atoms with Crippen LogP contribution in [-0.2, 0) is 4.74 Å². The molecular weight excluding hydrogens is 470 g/mol. The highest BCUT2D eigenvalue weighted by Gasteiger charge is 2.31. The lowest BCUT2D eigenvalue weighted by Crippen LogP contribution is -2.60. The minimum atomic E-state index is -0.636. The van der Waals surface area contributed by atoms with Crippen LogP contribution in [0.5, 0.6) is 0 Å². The van der Waals surface area contributed by atoms with Crippen molar-refractivity contribution in [3.63, 3.8) is 0 Å². The van der Waals surface area contributed by atoms with Gasteiger partial charge in [0.25, 0.3) is 5.91 Å². The molecule has 3 heterocycles. The third-order valence-corrected chi connectivity index (χ3v) is 6.32. The highest BCUT2D eigenvalue weighted by molar-refractivity contribution is 6.35. The topological polar surface area (TPSA) is 115 Å². The van der Waals surface area contributed by atoms with Gasteiger partial charge >= 0.3 is 6.09 Å². The first-order valence-corrected chi connectivity index (χ1v) is 11.7. The van der Waals surface area contributed by atoms with E-state index >= 15 is 0 Å². The van der Waals surface area contributed by atoms with E-state index in [1.807, 2.05) is 25.1 Å². The summed E-state index contributed by atoms with van der Waals surface area (Å²) in [6.07, 6.45) is 1.04. The summed E-state index contributed by atoms with van der Waals surface area (Å²) in [6.45, 7) is 3.14. The Morgan fingerprint density at radius 3 is 2.83 bits per heavy atom. The number of hydrogen-bond acceptors (Lipinski definition) is 7. The minimum absolute atomic E-state index is 0.184. The Bertz CT molecular complexity index is 1420. The lowest BCUT2D eigenvalue weighted by Gasteiger charge is -2.38. The zero-order valence-electron chi connectivity index (χ0n) is 19.1. The molecule has 9 nitrogen and oxygen atoms in total. The fourth-order valence-corrected chi connectivity index (χ4v) is 4.42. The SMILES string of the molecule is CCCOC(=O)N1CCN(C(=O)c2ccc3c(Cl)cc(-c4ccc5ocnc5c4)nc3c2)C[C@H]1N. The van der Waals surface area contributed by atoms with Crippen LogP contribution in [0.15, 0.2) is 53.3 Å². The monoisotopic (exact) mass is 493 g/mol. The Kier molecular flexibility index (Phi) is 6.27. The molecule has 0 spiro atoms. The van der Waals surface area contributed by atoms with Crippen LogP contribution in [0, 0.1) is 0 Å². The van der Waals surface area contributed by atoms with Gasteiger partial charge in [0.1, 0.15) is 11.7 Å². The van der Waals surface area contributed by atoms with Gasteiger partial charge in [-0.3, -0.25) is 9.69 Å². The van der Waals surface area contributed by atoms with Gasteiger partial charge < -0.3 is 19.8 Å². The van der Waals surface area contributed by atoms with Crippen LogP contribution in [0.1, 0.15) is 23.7 Å². The second-order valence-electron chi connectivity index (χ2n) is 8.38. The highest BCUT2D eigenvalue weighted by Crippen LogP contribution is 2.30. The van der Waals surface area contributed by atoms with Gasteiger partial charge in [-0.2, -0.15) is 0 Å². The summed E-state index contributed by atoms with van der Waals surface area (Å²) in [6, 6.07) is 12.6. The number of nitrogens with zero attached hydrogens (tertiary/aromatic N) is 4. The van der Waals surface area contributed by atoms with Crippen molar-refractivity contribution >= 4 is 45.6 Å². The quantitative estimate of drug-likeness (QED) is 0.451. The van der Waals surface area contributed by atoms with Crippen molar-refractivity contribution in [1.29, 1.82) is 0 Å². The fraction of sp³-hybridized carbons (Fsp3) is 0.280. The summed E-state index contributed by atoms with van der Waals surface area (Å²) >= 11 is 6.56. The number of carbonyl (C=O) groups is 2. The number of ether oxygens (including phenoxy) is 1. The first-order chi connectivity index (χ1) is 16.9. The third-order valence-electron chi connectivity index (χ3n) is 6.00. The fourth-order valence-electron chi connectivity index (χ4n) is 4.16. The molecule has 2 N–H and O–H groups in total. The molecule has 0 bridgehead atoms. The van der Waals surface area contributed by atoms with Gasteiger partial charge in [-0.25, -0.2) is 14.8 Å². The maximum Gasteiger partial charge on any atom is 0.411 e. The molecule has 2 amide bonds. The molecule has 4 aromatic rings. The number of oxazole rings is 1. The maximum absolute atomic E-state index is 13.3. The second-order valence-corrected chi connectivity index (χ2v) is 8.79. The molecule has 0 saturated carbocycles. The number of fused-ring (bicyclic) bond motifs is 2. The smallest absolute Gasteiger partial charge is 0.411 e. The molecule has 2 aromatic carbocycles. The van der Waals surface area contributed by atoms with Crippen LogP contribution in [0.3, 0.4) is 0 Å². The van der Waals surface area contributed by atoms with Crippen molar-refractivity contribution in [2.75, 3.05) is 26.2 Å². The normalized spacial score (nSPS) is 16.1. The number of amides is 2. The number of hydrogen-bond donors (Lipinski definition) is 1. The van der Waals surface area contributed by atoms with Gasteiger partial charge in [0, 0.05) is 29.6 Å². The Hall–Kier alpha value is -3.69. The summed E-state index contributed by atoms with van der Waals surface area (Å²) in [5.74, 6) is -0.184. The predicted octanol–water partition coefficient (Wildman–Crippen LogP) is 4.29. The molecule has 2 aromatic heterocycles. The van der Waals surface area contributed by atoms with E-state index in [9.17, 15) is 9.59 Å². The van der Waals surface area contributed by atoms with Crippen LogP contribution in [0.4, 0.5) is 4.79 Å². The van der Waals surface area contributed by atoms with Crippen molar-refractivity contribution in [3.05, 3.63) is 59.4 Å². The summed E-state index contributed by atoms with van der Waals surface area (Å²) in [5.41, 5.74) is 10.2. The Morgan fingerprint density at radius 2 is 2.03 bits per heavy atom. The van der Waals surface area contributed by atoms with Gasteiger partial charge in [-0.15, -0.1) is 0 Å². The molecule has 180 valence electrons. The van der Waals surface area contributed by atoms with E-state index in [0.717, 1.165) is 22.9 Å². The van der Waals surface area contributed by atoms with E-state index in [4.69, 9.17) is 31.5 Å². The average molecular weight is 494 g/mol. The zero-order chi connectivity index (χ0) is 24.5. The molecule has 10 heteroatoms. The van der Waals surface area contributed by atoms with E-state index in [2.05, 4.69) is 4.98 Å². The molecule has 1 aliphatic rings. The largest absolute Gasteiger partial charge is 0.449 e. The van der Waals surface area contributed by atoms with Crippen LogP contribution >= 0.6 is 11.6 Å². The first kappa shape index (κ1) is 23.1. The van der Waals surface area contributed by atoms with E-state index < -0.39 is 12.3 Å². The highest BCUT2D eigenvalue weighted by atomic mass is 35.5. The molecule has 0 unspecified atom stereocenters. The van der Waals surface area contributed by atoms with Gasteiger partial charge in [0.2, 0.25) is 0 Å². The van der Waals surface area contributed by atoms with Crippen LogP contribution in [0.25, 0.3) is 33.3 Å². The van der Waals surface area contributed by atoms with Crippen molar-refractivity contribution in [1.82, 2.24) is 19.8 Å². The molecule has 1 fully saturated rings. The molecule has 0 radical (unpaired) electrons. The van der Waals surface area contributed by atoms with Gasteiger partial charge in [0.15, 0.2) is 12.0 Å². The van der Waals surface area contributed by atoms with Gasteiger partial charge in [-0.1, -0.05) is 24.6 Å². The number of piperazine rings is 1. The number of aromatic nitrogens is 2. The summed E-state index contributed by atoms with van der Waals surface area (Å²) < 4.78 is 10.5. The zero-order valence-corrected chi connectivity index (χ0v) is 19.9. The molecule has 5 rings (SSSR count). The Balaban J connectivity index is 1.39. The van der Waals surface area contributed by atoms with Crippen molar-refractivity contribution in [3.8, 4) is 11.3 Å². The Morgan fingerprint density at radius 1 is 1.17 bits per heavy atom. The van der Waals surface area contributed by atoms with Crippen molar-refractivity contribution in [2.45, 2.75) is 19.5 Å². The molecule has 0 aliphatic carbocycles. The van der Waals surface area contributed by atoms with E-state index in [1.165, 1.54) is 11.3 Å². The third kappa shape index (κ3) is 4.52. The van der Waals surface area contributed by atoms with E-state index in [1.54, 1.807) is 29.2 Å². The second kappa shape index (κ2) is 9.52. The number of rotatable bonds is 4. The number of pyridine rings is 1. The molecule has 35 heavy (non-hydrogen) atoms. The molecular formula is C25H24ClN5O4. The number of nitrogens with two attached hydrogens (primary N) is 1. The maximum atomic E-state index is 13.3. The summed E-state index contributed by atoms with van der Waals surface area (Å²) in [7, 11) is 0. The van der Waals surface area contributed by atoms with Gasteiger partial charge in [0.05, 0.1) is 29.4 Å². The number of halogens is 1. The van der Waals surface area contributed by atoms with Gasteiger partial charge in [-0.05, 0) is 42.8 Å². The number of carbonyl (C=O) groups excluding carboxylic acids is 2.